The fraction of sp³-hybridized carbons (Fsp3) is 0.0500. The lowest BCUT2D eigenvalue weighted by atomic mass is 10.1. The predicted octanol–water partition coefficient (Wildman–Crippen LogP) is 4.22. The van der Waals surface area contributed by atoms with Crippen molar-refractivity contribution in [3.05, 3.63) is 87.9 Å². The zero-order chi connectivity index (χ0) is 17.9. The van der Waals surface area contributed by atoms with Crippen LogP contribution in [-0.4, -0.2) is 15.2 Å². The predicted molar refractivity (Wildman–Crippen MR) is 101 cm³/mol. The van der Waals surface area contributed by atoms with Gasteiger partial charge in [-0.3, -0.25) is 9.78 Å². The summed E-state index contributed by atoms with van der Waals surface area (Å²) in [5.41, 5.74) is 2.07. The first kappa shape index (κ1) is 16.3. The Balaban J connectivity index is 1.66. The molecule has 0 amide bonds. The standard InChI is InChI=1S/C20H14ClN3O2/c21-17-11-13(8-9-18(17)26-12-14-5-3-4-10-22-14)19-15-6-1-2-7-16(15)20(25)24-23-19/h1-11H,12H2,(H,24,25). The molecule has 1 N–H and O–H groups in total. The molecule has 0 atom stereocenters. The molecule has 5 nitrogen and oxygen atoms in total. The van der Waals surface area contributed by atoms with Crippen molar-refractivity contribution in [1.29, 1.82) is 0 Å². The molecule has 2 aromatic heterocycles. The van der Waals surface area contributed by atoms with Gasteiger partial charge < -0.3 is 4.74 Å². The number of aromatic amines is 1. The Morgan fingerprint density at radius 1 is 1.00 bits per heavy atom. The van der Waals surface area contributed by atoms with Crippen molar-refractivity contribution in [2.75, 3.05) is 0 Å². The van der Waals surface area contributed by atoms with E-state index < -0.39 is 0 Å². The van der Waals surface area contributed by atoms with Crippen LogP contribution in [0.3, 0.4) is 0 Å². The molecule has 0 unspecified atom stereocenters. The molecule has 4 aromatic rings. The lowest BCUT2D eigenvalue weighted by Crippen LogP contribution is -2.09. The van der Waals surface area contributed by atoms with Crippen molar-refractivity contribution in [2.24, 2.45) is 0 Å². The number of fused-ring (bicyclic) bond motifs is 1. The number of benzene rings is 2. The number of hydrogen-bond acceptors (Lipinski definition) is 4. The molecule has 0 fully saturated rings. The molecular weight excluding hydrogens is 350 g/mol. The van der Waals surface area contributed by atoms with Gasteiger partial charge in [-0.25, -0.2) is 5.10 Å². The Morgan fingerprint density at radius 3 is 2.58 bits per heavy atom. The molecule has 0 spiro atoms. The van der Waals surface area contributed by atoms with Crippen LogP contribution >= 0.6 is 11.6 Å². The van der Waals surface area contributed by atoms with Crippen LogP contribution < -0.4 is 10.3 Å². The van der Waals surface area contributed by atoms with E-state index in [9.17, 15) is 4.79 Å². The normalized spacial score (nSPS) is 10.8. The quantitative estimate of drug-likeness (QED) is 0.589. The molecule has 4 rings (SSSR count). The fourth-order valence-corrected chi connectivity index (χ4v) is 2.97. The number of aromatic nitrogens is 3. The third-order valence-electron chi connectivity index (χ3n) is 4.00. The van der Waals surface area contributed by atoms with Crippen LogP contribution in [0.4, 0.5) is 0 Å². The minimum Gasteiger partial charge on any atom is -0.486 e. The Labute approximate surface area is 154 Å². The molecule has 0 bridgehead atoms. The maximum atomic E-state index is 11.9. The second-order valence-corrected chi connectivity index (χ2v) is 6.11. The number of halogens is 1. The van der Waals surface area contributed by atoms with E-state index in [1.807, 2.05) is 42.5 Å². The number of pyridine rings is 1. The van der Waals surface area contributed by atoms with Gasteiger partial charge in [0.1, 0.15) is 12.4 Å². The summed E-state index contributed by atoms with van der Waals surface area (Å²) in [5, 5.41) is 8.56. The average Bonchev–Trinajstić information content (AvgIpc) is 2.68. The third kappa shape index (κ3) is 3.17. The second kappa shape index (κ2) is 6.98. The first-order chi connectivity index (χ1) is 12.7. The minimum atomic E-state index is -0.217. The average molecular weight is 364 g/mol. The third-order valence-corrected chi connectivity index (χ3v) is 4.30. The molecule has 128 valence electrons. The lowest BCUT2D eigenvalue weighted by molar-refractivity contribution is 0.301. The first-order valence-corrected chi connectivity index (χ1v) is 8.40. The van der Waals surface area contributed by atoms with Gasteiger partial charge >= 0.3 is 0 Å². The molecule has 0 saturated heterocycles. The van der Waals surface area contributed by atoms with Crippen molar-refractivity contribution < 1.29 is 4.74 Å². The summed E-state index contributed by atoms with van der Waals surface area (Å²) in [5.74, 6) is 0.565. The Kier molecular flexibility index (Phi) is 4.37. The molecule has 0 aliphatic heterocycles. The summed E-state index contributed by atoms with van der Waals surface area (Å²) in [6, 6.07) is 18.4. The van der Waals surface area contributed by atoms with Gasteiger partial charge in [-0.1, -0.05) is 35.9 Å². The summed E-state index contributed by atoms with van der Waals surface area (Å²) >= 11 is 6.38. The Bertz CT molecular complexity index is 1130. The molecule has 0 aliphatic rings. The van der Waals surface area contributed by atoms with Crippen LogP contribution in [0.15, 0.2) is 71.7 Å². The maximum absolute atomic E-state index is 11.9. The van der Waals surface area contributed by atoms with Gasteiger partial charge in [-0.05, 0) is 36.4 Å². The van der Waals surface area contributed by atoms with E-state index in [-0.39, 0.29) is 5.56 Å². The molecule has 2 aromatic carbocycles. The largest absolute Gasteiger partial charge is 0.486 e. The van der Waals surface area contributed by atoms with E-state index in [4.69, 9.17) is 16.3 Å². The summed E-state index contributed by atoms with van der Waals surface area (Å²) in [6.07, 6.45) is 1.72. The van der Waals surface area contributed by atoms with Crippen LogP contribution in [0.25, 0.3) is 22.0 Å². The van der Waals surface area contributed by atoms with E-state index in [0.717, 1.165) is 16.6 Å². The van der Waals surface area contributed by atoms with Crippen molar-refractivity contribution in [3.63, 3.8) is 0 Å². The van der Waals surface area contributed by atoms with Crippen molar-refractivity contribution in [2.45, 2.75) is 6.61 Å². The van der Waals surface area contributed by atoms with E-state index in [1.54, 1.807) is 24.4 Å². The number of nitrogens with one attached hydrogen (secondary N) is 1. The summed E-state index contributed by atoms with van der Waals surface area (Å²) in [6.45, 7) is 0.333. The Morgan fingerprint density at radius 2 is 1.81 bits per heavy atom. The molecule has 0 aliphatic carbocycles. The number of ether oxygens (including phenoxy) is 1. The summed E-state index contributed by atoms with van der Waals surface area (Å²) in [4.78, 5) is 16.2. The number of nitrogens with zero attached hydrogens (tertiary/aromatic N) is 2. The van der Waals surface area contributed by atoms with Crippen LogP contribution in [0.5, 0.6) is 5.75 Å². The molecule has 26 heavy (non-hydrogen) atoms. The van der Waals surface area contributed by atoms with Crippen LogP contribution in [0, 0.1) is 0 Å². The van der Waals surface area contributed by atoms with Gasteiger partial charge in [0, 0.05) is 17.1 Å². The van der Waals surface area contributed by atoms with Gasteiger partial charge in [0.05, 0.1) is 21.8 Å². The highest BCUT2D eigenvalue weighted by Crippen LogP contribution is 2.32. The SMILES string of the molecule is O=c1[nH]nc(-c2ccc(OCc3ccccn3)c(Cl)c2)c2ccccc12. The van der Waals surface area contributed by atoms with Gasteiger partial charge in [0.15, 0.2) is 0 Å². The van der Waals surface area contributed by atoms with Gasteiger partial charge in [0.25, 0.3) is 5.56 Å². The first-order valence-electron chi connectivity index (χ1n) is 8.02. The van der Waals surface area contributed by atoms with Crippen LogP contribution in [-0.2, 0) is 6.61 Å². The zero-order valence-corrected chi connectivity index (χ0v) is 14.4. The van der Waals surface area contributed by atoms with Crippen LogP contribution in [0.2, 0.25) is 5.02 Å². The highest BCUT2D eigenvalue weighted by atomic mass is 35.5. The smallest absolute Gasteiger partial charge is 0.272 e. The monoisotopic (exact) mass is 363 g/mol. The number of rotatable bonds is 4. The molecule has 0 radical (unpaired) electrons. The highest BCUT2D eigenvalue weighted by molar-refractivity contribution is 6.32. The van der Waals surface area contributed by atoms with E-state index in [1.165, 1.54) is 0 Å². The number of hydrogen-bond donors (Lipinski definition) is 1. The molecule has 0 saturated carbocycles. The molecule has 2 heterocycles. The van der Waals surface area contributed by atoms with Gasteiger partial charge in [0.2, 0.25) is 0 Å². The van der Waals surface area contributed by atoms with E-state index in [0.29, 0.717) is 28.5 Å². The van der Waals surface area contributed by atoms with Gasteiger partial charge in [-0.2, -0.15) is 5.10 Å². The van der Waals surface area contributed by atoms with Crippen molar-refractivity contribution >= 4 is 22.4 Å². The summed E-state index contributed by atoms with van der Waals surface area (Å²) < 4.78 is 5.75. The van der Waals surface area contributed by atoms with E-state index in [2.05, 4.69) is 15.2 Å². The highest BCUT2D eigenvalue weighted by Gasteiger charge is 2.11. The molecular formula is C20H14ClN3O2. The minimum absolute atomic E-state index is 0.217. The topological polar surface area (TPSA) is 67.9 Å². The summed E-state index contributed by atoms with van der Waals surface area (Å²) in [7, 11) is 0. The van der Waals surface area contributed by atoms with Crippen LogP contribution in [0.1, 0.15) is 5.69 Å². The maximum Gasteiger partial charge on any atom is 0.272 e. The Hall–Kier alpha value is -3.18. The van der Waals surface area contributed by atoms with Crippen molar-refractivity contribution in [3.8, 4) is 17.0 Å². The molecule has 6 heteroatoms. The van der Waals surface area contributed by atoms with Gasteiger partial charge in [-0.15, -0.1) is 0 Å². The second-order valence-electron chi connectivity index (χ2n) is 5.70. The zero-order valence-electron chi connectivity index (χ0n) is 13.6. The lowest BCUT2D eigenvalue weighted by Gasteiger charge is -2.10. The number of H-pyrrole nitrogens is 1. The van der Waals surface area contributed by atoms with Crippen molar-refractivity contribution in [1.82, 2.24) is 15.2 Å². The van der Waals surface area contributed by atoms with E-state index >= 15 is 0 Å². The fourth-order valence-electron chi connectivity index (χ4n) is 2.74.